The van der Waals surface area contributed by atoms with E-state index in [2.05, 4.69) is 9.97 Å². The SMILES string of the molecule is O=C(O)[C@H]1CC[C@@H](C(=O)N2CCN(c3ncccn3)CC2)O1. The van der Waals surface area contributed by atoms with E-state index in [1.807, 2.05) is 4.90 Å². The molecule has 2 fully saturated rings. The molecule has 3 heterocycles. The van der Waals surface area contributed by atoms with Crippen LogP contribution in [0.4, 0.5) is 5.95 Å². The van der Waals surface area contributed by atoms with Crippen LogP contribution in [0, 0.1) is 0 Å². The predicted octanol–water partition coefficient (Wildman–Crippen LogP) is -0.243. The Morgan fingerprint density at radius 2 is 1.73 bits per heavy atom. The van der Waals surface area contributed by atoms with Crippen molar-refractivity contribution in [3.63, 3.8) is 0 Å². The van der Waals surface area contributed by atoms with Crippen LogP contribution in [0.5, 0.6) is 0 Å². The molecule has 118 valence electrons. The van der Waals surface area contributed by atoms with Crippen LogP contribution in [0.3, 0.4) is 0 Å². The molecule has 0 saturated carbocycles. The molecule has 8 nitrogen and oxygen atoms in total. The van der Waals surface area contributed by atoms with Crippen molar-refractivity contribution >= 4 is 17.8 Å². The van der Waals surface area contributed by atoms with Gasteiger partial charge in [-0.05, 0) is 18.9 Å². The monoisotopic (exact) mass is 306 g/mol. The molecule has 1 amide bonds. The summed E-state index contributed by atoms with van der Waals surface area (Å²) in [7, 11) is 0. The van der Waals surface area contributed by atoms with Gasteiger partial charge in [0.15, 0.2) is 6.10 Å². The van der Waals surface area contributed by atoms with Gasteiger partial charge in [0, 0.05) is 38.6 Å². The predicted molar refractivity (Wildman–Crippen MR) is 76.4 cm³/mol. The van der Waals surface area contributed by atoms with Gasteiger partial charge in [0.2, 0.25) is 5.95 Å². The van der Waals surface area contributed by atoms with Gasteiger partial charge in [-0.15, -0.1) is 0 Å². The van der Waals surface area contributed by atoms with Gasteiger partial charge in [-0.3, -0.25) is 4.79 Å². The fraction of sp³-hybridized carbons (Fsp3) is 0.571. The van der Waals surface area contributed by atoms with Gasteiger partial charge in [-0.1, -0.05) is 0 Å². The molecule has 8 heteroatoms. The third kappa shape index (κ3) is 3.01. The van der Waals surface area contributed by atoms with E-state index in [1.165, 1.54) is 0 Å². The highest BCUT2D eigenvalue weighted by molar-refractivity contribution is 5.83. The van der Waals surface area contributed by atoms with Crippen molar-refractivity contribution in [1.82, 2.24) is 14.9 Å². The summed E-state index contributed by atoms with van der Waals surface area (Å²) >= 11 is 0. The summed E-state index contributed by atoms with van der Waals surface area (Å²) in [6, 6.07) is 1.76. The normalized spacial score (nSPS) is 25.3. The van der Waals surface area contributed by atoms with Crippen LogP contribution in [0.1, 0.15) is 12.8 Å². The Labute approximate surface area is 127 Å². The van der Waals surface area contributed by atoms with Gasteiger partial charge in [0.25, 0.3) is 5.91 Å². The first kappa shape index (κ1) is 14.7. The number of aliphatic carboxylic acids is 1. The van der Waals surface area contributed by atoms with Gasteiger partial charge in [-0.2, -0.15) is 0 Å². The molecule has 2 aliphatic heterocycles. The van der Waals surface area contributed by atoms with E-state index >= 15 is 0 Å². The minimum Gasteiger partial charge on any atom is -0.479 e. The average molecular weight is 306 g/mol. The summed E-state index contributed by atoms with van der Waals surface area (Å²) in [4.78, 5) is 35.4. The molecule has 0 aliphatic carbocycles. The summed E-state index contributed by atoms with van der Waals surface area (Å²) in [6.07, 6.45) is 2.77. The Kier molecular flexibility index (Phi) is 4.19. The van der Waals surface area contributed by atoms with Crippen LogP contribution in [-0.4, -0.2) is 70.2 Å². The Balaban J connectivity index is 1.53. The van der Waals surface area contributed by atoms with Gasteiger partial charge >= 0.3 is 5.97 Å². The van der Waals surface area contributed by atoms with Gasteiger partial charge in [-0.25, -0.2) is 14.8 Å². The first-order chi connectivity index (χ1) is 10.6. The zero-order valence-corrected chi connectivity index (χ0v) is 12.1. The number of ether oxygens (including phenoxy) is 1. The maximum Gasteiger partial charge on any atom is 0.332 e. The number of piperazine rings is 1. The van der Waals surface area contributed by atoms with Crippen molar-refractivity contribution in [3.05, 3.63) is 18.5 Å². The lowest BCUT2D eigenvalue weighted by Crippen LogP contribution is -2.52. The number of rotatable bonds is 3. The van der Waals surface area contributed by atoms with Crippen molar-refractivity contribution < 1.29 is 19.4 Å². The van der Waals surface area contributed by atoms with Crippen molar-refractivity contribution in [1.29, 1.82) is 0 Å². The van der Waals surface area contributed by atoms with E-state index < -0.39 is 18.2 Å². The van der Waals surface area contributed by atoms with Gasteiger partial charge in [0.05, 0.1) is 0 Å². The van der Waals surface area contributed by atoms with Gasteiger partial charge in [0.1, 0.15) is 6.10 Å². The maximum absolute atomic E-state index is 12.4. The second-order valence-corrected chi connectivity index (χ2v) is 5.39. The summed E-state index contributed by atoms with van der Waals surface area (Å²) in [5, 5.41) is 8.91. The molecule has 0 aromatic carbocycles. The summed E-state index contributed by atoms with van der Waals surface area (Å²) in [5.74, 6) is -0.448. The second-order valence-electron chi connectivity index (χ2n) is 5.39. The first-order valence-corrected chi connectivity index (χ1v) is 7.34. The molecule has 2 aliphatic rings. The zero-order chi connectivity index (χ0) is 15.5. The van der Waals surface area contributed by atoms with E-state index in [9.17, 15) is 9.59 Å². The molecule has 1 aromatic rings. The highest BCUT2D eigenvalue weighted by atomic mass is 16.5. The van der Waals surface area contributed by atoms with E-state index in [-0.39, 0.29) is 5.91 Å². The van der Waals surface area contributed by atoms with Crippen LogP contribution in [0.25, 0.3) is 0 Å². The van der Waals surface area contributed by atoms with E-state index in [0.29, 0.717) is 45.0 Å². The number of carbonyl (C=O) groups excluding carboxylic acids is 1. The largest absolute Gasteiger partial charge is 0.479 e. The third-order valence-electron chi connectivity index (χ3n) is 4.00. The van der Waals surface area contributed by atoms with E-state index in [1.54, 1.807) is 23.4 Å². The van der Waals surface area contributed by atoms with Crippen molar-refractivity contribution in [2.75, 3.05) is 31.1 Å². The molecule has 22 heavy (non-hydrogen) atoms. The summed E-state index contributed by atoms with van der Waals surface area (Å²) < 4.78 is 5.32. The molecule has 1 N–H and O–H groups in total. The zero-order valence-electron chi connectivity index (χ0n) is 12.1. The maximum atomic E-state index is 12.4. The number of hydrogen-bond donors (Lipinski definition) is 1. The summed E-state index contributed by atoms with van der Waals surface area (Å²) in [5.41, 5.74) is 0. The molecule has 2 atom stereocenters. The average Bonchev–Trinajstić information content (AvgIpc) is 3.05. The molecule has 0 spiro atoms. The molecular formula is C14H18N4O4. The highest BCUT2D eigenvalue weighted by Crippen LogP contribution is 2.22. The number of carbonyl (C=O) groups is 2. The molecule has 1 aromatic heterocycles. The highest BCUT2D eigenvalue weighted by Gasteiger charge is 2.37. The van der Waals surface area contributed by atoms with E-state index in [0.717, 1.165) is 0 Å². The van der Waals surface area contributed by atoms with Crippen LogP contribution < -0.4 is 4.90 Å². The molecule has 2 saturated heterocycles. The van der Waals surface area contributed by atoms with Crippen molar-refractivity contribution in [2.24, 2.45) is 0 Å². The minimum atomic E-state index is -0.999. The van der Waals surface area contributed by atoms with Crippen molar-refractivity contribution in [3.8, 4) is 0 Å². The van der Waals surface area contributed by atoms with Crippen LogP contribution in [0.2, 0.25) is 0 Å². The molecule has 3 rings (SSSR count). The smallest absolute Gasteiger partial charge is 0.332 e. The van der Waals surface area contributed by atoms with Crippen LogP contribution >= 0.6 is 0 Å². The topological polar surface area (TPSA) is 95.9 Å². The standard InChI is InChI=1S/C14H18N4O4/c19-12(10-2-3-11(22-10)13(20)21)17-6-8-18(9-7-17)14-15-4-1-5-16-14/h1,4-5,10-11H,2-3,6-9H2,(H,20,21)/t10-,11+/m0/s1. The molecular weight excluding hydrogens is 288 g/mol. The van der Waals surface area contributed by atoms with Crippen LogP contribution in [-0.2, 0) is 14.3 Å². The number of carboxylic acid groups (broad SMARTS) is 1. The lowest BCUT2D eigenvalue weighted by molar-refractivity contribution is -0.154. The molecule has 0 bridgehead atoms. The Morgan fingerprint density at radius 1 is 1.09 bits per heavy atom. The Bertz CT molecular complexity index is 545. The Morgan fingerprint density at radius 3 is 2.32 bits per heavy atom. The fourth-order valence-corrected chi connectivity index (χ4v) is 2.79. The van der Waals surface area contributed by atoms with Crippen LogP contribution in [0.15, 0.2) is 18.5 Å². The summed E-state index contributed by atoms with van der Waals surface area (Å²) in [6.45, 7) is 2.44. The van der Waals surface area contributed by atoms with E-state index in [4.69, 9.17) is 9.84 Å². The number of aromatic nitrogens is 2. The number of nitrogens with zero attached hydrogens (tertiary/aromatic N) is 4. The number of anilines is 1. The minimum absolute atomic E-state index is 0.114. The molecule has 0 radical (unpaired) electrons. The van der Waals surface area contributed by atoms with Gasteiger partial charge < -0.3 is 19.6 Å². The number of amides is 1. The Hall–Kier alpha value is -2.22. The molecule has 0 unspecified atom stereocenters. The van der Waals surface area contributed by atoms with Crippen molar-refractivity contribution in [2.45, 2.75) is 25.0 Å². The number of hydrogen-bond acceptors (Lipinski definition) is 6. The quantitative estimate of drug-likeness (QED) is 0.823. The lowest BCUT2D eigenvalue weighted by Gasteiger charge is -2.35. The first-order valence-electron chi connectivity index (χ1n) is 7.34. The fourth-order valence-electron chi connectivity index (χ4n) is 2.79. The lowest BCUT2D eigenvalue weighted by atomic mass is 10.1. The number of carboxylic acids is 1. The third-order valence-corrected chi connectivity index (χ3v) is 4.00. The second kappa shape index (κ2) is 6.27.